The van der Waals surface area contributed by atoms with Crippen molar-refractivity contribution < 1.29 is 9.84 Å². The smallest absolute Gasteiger partial charge is 0.119 e. The summed E-state index contributed by atoms with van der Waals surface area (Å²) >= 11 is 0. The largest absolute Gasteiger partial charge is 0.489 e. The van der Waals surface area contributed by atoms with Crippen LogP contribution >= 0.6 is 0 Å². The van der Waals surface area contributed by atoms with Gasteiger partial charge in [-0.2, -0.15) is 0 Å². The highest BCUT2D eigenvalue weighted by Gasteiger charge is 1.99. The Morgan fingerprint density at radius 2 is 1.80 bits per heavy atom. The summed E-state index contributed by atoms with van der Waals surface area (Å²) in [6, 6.07) is 16.3. The van der Waals surface area contributed by atoms with Gasteiger partial charge in [0.15, 0.2) is 0 Å². The average molecular weight is 271 g/mol. The Balaban J connectivity index is 1.86. The van der Waals surface area contributed by atoms with Crippen LogP contribution in [0, 0.1) is 6.92 Å². The van der Waals surface area contributed by atoms with Gasteiger partial charge in [0, 0.05) is 13.1 Å². The van der Waals surface area contributed by atoms with Gasteiger partial charge in [0.05, 0.1) is 6.61 Å². The summed E-state index contributed by atoms with van der Waals surface area (Å²) < 4.78 is 5.79. The molecule has 0 aromatic heterocycles. The first kappa shape index (κ1) is 14.6. The second kappa shape index (κ2) is 7.68. The molecule has 0 saturated carbocycles. The van der Waals surface area contributed by atoms with E-state index in [0.29, 0.717) is 13.2 Å². The highest BCUT2D eigenvalue weighted by molar-refractivity contribution is 5.29. The standard InChI is InChI=1S/C17H21NO2/c1-14-4-2-3-5-16(14)13-20-17-8-6-15(7-9-17)12-18-10-11-19/h2-9,18-19H,10-13H2,1H3. The summed E-state index contributed by atoms with van der Waals surface area (Å²) in [7, 11) is 0. The summed E-state index contributed by atoms with van der Waals surface area (Å²) in [4.78, 5) is 0. The topological polar surface area (TPSA) is 41.5 Å². The third-order valence-electron chi connectivity index (χ3n) is 3.20. The summed E-state index contributed by atoms with van der Waals surface area (Å²) in [6.07, 6.45) is 0. The molecule has 0 saturated heterocycles. The average Bonchev–Trinajstić information content (AvgIpc) is 2.48. The fourth-order valence-electron chi connectivity index (χ4n) is 1.95. The van der Waals surface area contributed by atoms with Crippen molar-refractivity contribution in [1.29, 1.82) is 0 Å². The van der Waals surface area contributed by atoms with Crippen LogP contribution in [0.3, 0.4) is 0 Å². The molecule has 0 aliphatic carbocycles. The zero-order valence-corrected chi connectivity index (χ0v) is 11.8. The number of ether oxygens (including phenoxy) is 1. The van der Waals surface area contributed by atoms with Crippen LogP contribution in [-0.4, -0.2) is 18.3 Å². The quantitative estimate of drug-likeness (QED) is 0.761. The maximum Gasteiger partial charge on any atom is 0.119 e. The van der Waals surface area contributed by atoms with Crippen molar-refractivity contribution in [3.63, 3.8) is 0 Å². The number of hydrogen-bond donors (Lipinski definition) is 2. The molecule has 2 aromatic rings. The van der Waals surface area contributed by atoms with Crippen molar-refractivity contribution in [2.75, 3.05) is 13.2 Å². The monoisotopic (exact) mass is 271 g/mol. The normalized spacial score (nSPS) is 10.5. The fourth-order valence-corrected chi connectivity index (χ4v) is 1.95. The Morgan fingerprint density at radius 3 is 2.50 bits per heavy atom. The van der Waals surface area contributed by atoms with Gasteiger partial charge in [-0.1, -0.05) is 36.4 Å². The molecule has 20 heavy (non-hydrogen) atoms. The molecular formula is C17H21NO2. The van der Waals surface area contributed by atoms with E-state index in [1.807, 2.05) is 36.4 Å². The van der Waals surface area contributed by atoms with Gasteiger partial charge in [-0.25, -0.2) is 0 Å². The number of rotatable bonds is 7. The van der Waals surface area contributed by atoms with Crippen LogP contribution in [0.2, 0.25) is 0 Å². The van der Waals surface area contributed by atoms with Crippen molar-refractivity contribution in [3.8, 4) is 5.75 Å². The number of hydrogen-bond acceptors (Lipinski definition) is 3. The van der Waals surface area contributed by atoms with E-state index >= 15 is 0 Å². The van der Waals surface area contributed by atoms with Gasteiger partial charge in [-0.3, -0.25) is 0 Å². The second-order valence-electron chi connectivity index (χ2n) is 4.76. The molecule has 3 nitrogen and oxygen atoms in total. The molecule has 0 fully saturated rings. The lowest BCUT2D eigenvalue weighted by Crippen LogP contribution is -2.17. The highest BCUT2D eigenvalue weighted by atomic mass is 16.5. The van der Waals surface area contributed by atoms with Crippen LogP contribution in [0.5, 0.6) is 5.75 Å². The van der Waals surface area contributed by atoms with Gasteiger partial charge < -0.3 is 15.2 Å². The molecule has 0 heterocycles. The third-order valence-corrected chi connectivity index (χ3v) is 3.20. The molecule has 0 amide bonds. The molecule has 0 aliphatic rings. The van der Waals surface area contributed by atoms with E-state index in [1.165, 1.54) is 16.7 Å². The summed E-state index contributed by atoms with van der Waals surface area (Å²) in [5.74, 6) is 0.874. The van der Waals surface area contributed by atoms with Crippen LogP contribution < -0.4 is 10.1 Å². The third kappa shape index (κ3) is 4.37. The van der Waals surface area contributed by atoms with E-state index in [-0.39, 0.29) is 6.61 Å². The Hall–Kier alpha value is -1.84. The number of aliphatic hydroxyl groups is 1. The predicted octanol–water partition coefficient (Wildman–Crippen LogP) is 2.66. The minimum Gasteiger partial charge on any atom is -0.489 e. The SMILES string of the molecule is Cc1ccccc1COc1ccc(CNCCO)cc1. The van der Waals surface area contributed by atoms with Gasteiger partial charge in [0.25, 0.3) is 0 Å². The molecule has 3 heteroatoms. The van der Waals surface area contributed by atoms with Gasteiger partial charge in [-0.05, 0) is 35.7 Å². The summed E-state index contributed by atoms with van der Waals surface area (Å²) in [6.45, 7) is 4.23. The highest BCUT2D eigenvalue weighted by Crippen LogP contribution is 2.15. The van der Waals surface area contributed by atoms with Gasteiger partial charge in [0.1, 0.15) is 12.4 Å². The van der Waals surface area contributed by atoms with Crippen LogP contribution in [0.1, 0.15) is 16.7 Å². The van der Waals surface area contributed by atoms with E-state index in [9.17, 15) is 0 Å². The van der Waals surface area contributed by atoms with Crippen LogP contribution in [0.15, 0.2) is 48.5 Å². The van der Waals surface area contributed by atoms with Crippen LogP contribution in [0.25, 0.3) is 0 Å². The fraction of sp³-hybridized carbons (Fsp3) is 0.294. The first-order valence-electron chi connectivity index (χ1n) is 6.87. The molecule has 2 rings (SSSR count). The summed E-state index contributed by atoms with van der Waals surface area (Å²) in [5.41, 5.74) is 3.64. The van der Waals surface area contributed by atoms with Crippen molar-refractivity contribution in [2.24, 2.45) is 0 Å². The molecule has 0 aliphatic heterocycles. The van der Waals surface area contributed by atoms with E-state index in [0.717, 1.165) is 12.3 Å². The van der Waals surface area contributed by atoms with E-state index in [2.05, 4.69) is 24.4 Å². The minimum absolute atomic E-state index is 0.164. The van der Waals surface area contributed by atoms with Crippen LogP contribution in [0.4, 0.5) is 0 Å². The van der Waals surface area contributed by atoms with Gasteiger partial charge in [-0.15, -0.1) is 0 Å². The Labute approximate surface area is 120 Å². The number of aliphatic hydroxyl groups excluding tert-OH is 1. The minimum atomic E-state index is 0.164. The maximum absolute atomic E-state index is 8.71. The van der Waals surface area contributed by atoms with Gasteiger partial charge >= 0.3 is 0 Å². The lowest BCUT2D eigenvalue weighted by Gasteiger charge is -2.09. The van der Waals surface area contributed by atoms with Crippen molar-refractivity contribution in [2.45, 2.75) is 20.1 Å². The molecule has 0 unspecified atom stereocenters. The van der Waals surface area contributed by atoms with Crippen molar-refractivity contribution >= 4 is 0 Å². The van der Waals surface area contributed by atoms with Crippen molar-refractivity contribution in [1.82, 2.24) is 5.32 Å². The molecule has 0 spiro atoms. The lowest BCUT2D eigenvalue weighted by atomic mass is 10.1. The van der Waals surface area contributed by atoms with E-state index < -0.39 is 0 Å². The first-order chi connectivity index (χ1) is 9.79. The molecule has 2 aromatic carbocycles. The Bertz CT molecular complexity index is 523. The van der Waals surface area contributed by atoms with E-state index in [4.69, 9.17) is 9.84 Å². The zero-order chi connectivity index (χ0) is 14.2. The molecule has 106 valence electrons. The zero-order valence-electron chi connectivity index (χ0n) is 11.8. The number of aryl methyl sites for hydroxylation is 1. The molecule has 0 radical (unpaired) electrons. The second-order valence-corrected chi connectivity index (χ2v) is 4.76. The Morgan fingerprint density at radius 1 is 1.05 bits per heavy atom. The van der Waals surface area contributed by atoms with Crippen LogP contribution in [-0.2, 0) is 13.2 Å². The number of nitrogens with one attached hydrogen (secondary N) is 1. The molecule has 2 N–H and O–H groups in total. The van der Waals surface area contributed by atoms with E-state index in [1.54, 1.807) is 0 Å². The van der Waals surface area contributed by atoms with Gasteiger partial charge in [0.2, 0.25) is 0 Å². The summed E-state index contributed by atoms with van der Waals surface area (Å²) in [5, 5.41) is 11.9. The lowest BCUT2D eigenvalue weighted by molar-refractivity contribution is 0.292. The number of benzene rings is 2. The molecule has 0 atom stereocenters. The van der Waals surface area contributed by atoms with Crippen molar-refractivity contribution in [3.05, 3.63) is 65.2 Å². The maximum atomic E-state index is 8.71. The first-order valence-corrected chi connectivity index (χ1v) is 6.87. The predicted molar refractivity (Wildman–Crippen MR) is 80.7 cm³/mol. The Kier molecular flexibility index (Phi) is 5.59. The molecule has 0 bridgehead atoms. The molecular weight excluding hydrogens is 250 g/mol.